The van der Waals surface area contributed by atoms with Crippen LogP contribution < -0.4 is 0 Å². The van der Waals surface area contributed by atoms with E-state index < -0.39 is 10.0 Å². The molecule has 1 unspecified atom stereocenters. The van der Waals surface area contributed by atoms with Crippen molar-refractivity contribution in [1.82, 2.24) is 18.8 Å². The highest BCUT2D eigenvalue weighted by Gasteiger charge is 2.32. The molecule has 114 valence electrons. The summed E-state index contributed by atoms with van der Waals surface area (Å²) in [5, 5.41) is 0.0841. The van der Waals surface area contributed by atoms with Crippen molar-refractivity contribution in [3.63, 3.8) is 0 Å². The van der Waals surface area contributed by atoms with Gasteiger partial charge in [-0.05, 0) is 25.9 Å². The predicted molar refractivity (Wildman–Crippen MR) is 78.3 cm³/mol. The highest BCUT2D eigenvalue weighted by atomic mass is 35.5. The van der Waals surface area contributed by atoms with E-state index >= 15 is 0 Å². The molecule has 1 aliphatic rings. The average Bonchev–Trinajstić information content (AvgIpc) is 2.97. The first-order valence-electron chi connectivity index (χ1n) is 6.75. The number of halogens is 1. The summed E-state index contributed by atoms with van der Waals surface area (Å²) in [6.45, 7) is 4.56. The van der Waals surface area contributed by atoms with Gasteiger partial charge in [-0.25, -0.2) is 13.4 Å². The van der Waals surface area contributed by atoms with Gasteiger partial charge in [-0.1, -0.05) is 18.5 Å². The van der Waals surface area contributed by atoms with Gasteiger partial charge in [-0.3, -0.25) is 4.90 Å². The molecule has 6 nitrogen and oxygen atoms in total. The Kier molecular flexibility index (Phi) is 4.73. The minimum absolute atomic E-state index is 0.0646. The maximum Gasteiger partial charge on any atom is 0.263 e. The van der Waals surface area contributed by atoms with E-state index in [1.54, 1.807) is 14.1 Å². The number of imidazole rings is 1. The zero-order valence-electron chi connectivity index (χ0n) is 12.1. The van der Waals surface area contributed by atoms with Crippen LogP contribution in [0.25, 0.3) is 0 Å². The summed E-state index contributed by atoms with van der Waals surface area (Å²) in [4.78, 5) is 6.22. The van der Waals surface area contributed by atoms with Crippen LogP contribution in [-0.4, -0.2) is 59.9 Å². The molecular weight excluding hydrogens is 300 g/mol. The number of likely N-dealkylation sites (N-methyl/N-ethyl adjacent to an activating group) is 2. The molecule has 1 aliphatic heterocycles. The van der Waals surface area contributed by atoms with Crippen molar-refractivity contribution in [3.8, 4) is 0 Å². The lowest BCUT2D eigenvalue weighted by Crippen LogP contribution is -2.41. The standard InChI is InChI=1S/C12H21ClN4O2S/c1-4-17-7-5-6-10(17)8-16(3)20(18,19)12-11(13)15(2)9-14-12/h9-10H,4-8H2,1-3H3. The van der Waals surface area contributed by atoms with Gasteiger partial charge < -0.3 is 4.57 Å². The van der Waals surface area contributed by atoms with Gasteiger partial charge in [0.05, 0.1) is 6.33 Å². The van der Waals surface area contributed by atoms with Crippen LogP contribution in [-0.2, 0) is 17.1 Å². The lowest BCUT2D eigenvalue weighted by Gasteiger charge is -2.26. The first-order chi connectivity index (χ1) is 9.37. The Morgan fingerprint density at radius 3 is 2.80 bits per heavy atom. The van der Waals surface area contributed by atoms with Crippen molar-refractivity contribution in [1.29, 1.82) is 0 Å². The second-order valence-corrected chi connectivity index (χ2v) is 7.48. The van der Waals surface area contributed by atoms with E-state index in [1.165, 1.54) is 15.2 Å². The first kappa shape index (κ1) is 15.8. The van der Waals surface area contributed by atoms with Crippen molar-refractivity contribution >= 4 is 21.6 Å². The van der Waals surface area contributed by atoms with Crippen molar-refractivity contribution in [2.24, 2.45) is 7.05 Å². The van der Waals surface area contributed by atoms with E-state index in [-0.39, 0.29) is 16.2 Å². The lowest BCUT2D eigenvalue weighted by atomic mass is 10.2. The molecule has 8 heteroatoms. The van der Waals surface area contributed by atoms with Crippen LogP contribution in [0.3, 0.4) is 0 Å². The maximum atomic E-state index is 12.5. The molecule has 0 aliphatic carbocycles. The van der Waals surface area contributed by atoms with Gasteiger partial charge in [0.2, 0.25) is 5.03 Å². The van der Waals surface area contributed by atoms with Crippen LogP contribution >= 0.6 is 11.6 Å². The second kappa shape index (κ2) is 6.01. The molecule has 0 bridgehead atoms. The number of hydrogen-bond acceptors (Lipinski definition) is 4. The molecule has 1 atom stereocenters. The van der Waals surface area contributed by atoms with Crippen LogP contribution in [0.15, 0.2) is 11.4 Å². The normalized spacial score (nSPS) is 20.9. The van der Waals surface area contributed by atoms with Crippen LogP contribution in [0.1, 0.15) is 19.8 Å². The number of aromatic nitrogens is 2. The fourth-order valence-electron chi connectivity index (χ4n) is 2.63. The fraction of sp³-hybridized carbons (Fsp3) is 0.750. The molecule has 1 aromatic rings. The van der Waals surface area contributed by atoms with E-state index in [0.717, 1.165) is 25.9 Å². The zero-order valence-corrected chi connectivity index (χ0v) is 13.7. The number of likely N-dealkylation sites (tertiary alicyclic amines) is 1. The van der Waals surface area contributed by atoms with Crippen molar-refractivity contribution in [3.05, 3.63) is 11.5 Å². The van der Waals surface area contributed by atoms with Crippen LogP contribution in [0, 0.1) is 0 Å². The fourth-order valence-corrected chi connectivity index (χ4v) is 4.21. The van der Waals surface area contributed by atoms with E-state index in [4.69, 9.17) is 11.6 Å². The molecule has 20 heavy (non-hydrogen) atoms. The summed E-state index contributed by atoms with van der Waals surface area (Å²) < 4.78 is 27.8. The molecule has 2 rings (SSSR count). The largest absolute Gasteiger partial charge is 0.324 e. The average molecular weight is 321 g/mol. The van der Waals surface area contributed by atoms with Crippen molar-refractivity contribution in [2.75, 3.05) is 26.7 Å². The molecule has 0 aromatic carbocycles. The molecule has 1 saturated heterocycles. The summed E-state index contributed by atoms with van der Waals surface area (Å²) in [5.41, 5.74) is 0. The van der Waals surface area contributed by atoms with Crippen LogP contribution in [0.4, 0.5) is 0 Å². The van der Waals surface area contributed by atoms with Gasteiger partial charge in [0, 0.05) is 26.7 Å². The Labute approximate surface area is 125 Å². The molecule has 0 radical (unpaired) electrons. The summed E-state index contributed by atoms with van der Waals surface area (Å²) in [7, 11) is -0.365. The van der Waals surface area contributed by atoms with Crippen molar-refractivity contribution < 1.29 is 8.42 Å². The van der Waals surface area contributed by atoms with Crippen molar-refractivity contribution in [2.45, 2.75) is 30.8 Å². The number of aryl methyl sites for hydroxylation is 1. The van der Waals surface area contributed by atoms with E-state index in [0.29, 0.717) is 6.54 Å². The summed E-state index contributed by atoms with van der Waals surface area (Å²) >= 11 is 5.99. The van der Waals surface area contributed by atoms with Gasteiger partial charge in [0.25, 0.3) is 10.0 Å². The summed E-state index contributed by atoms with van der Waals surface area (Å²) in [6, 6.07) is 0.280. The molecule has 1 aromatic heterocycles. The SMILES string of the molecule is CCN1CCCC1CN(C)S(=O)(=O)c1ncn(C)c1Cl. The number of nitrogens with zero attached hydrogens (tertiary/aromatic N) is 4. The quantitative estimate of drug-likeness (QED) is 0.817. The number of hydrogen-bond donors (Lipinski definition) is 0. The van der Waals surface area contributed by atoms with Gasteiger partial charge in [-0.15, -0.1) is 0 Å². The molecule has 0 N–H and O–H groups in total. The minimum atomic E-state index is -3.63. The Morgan fingerprint density at radius 1 is 1.55 bits per heavy atom. The van der Waals surface area contributed by atoms with Crippen LogP contribution in [0.2, 0.25) is 5.15 Å². The highest BCUT2D eigenvalue weighted by molar-refractivity contribution is 7.89. The third-order valence-electron chi connectivity index (χ3n) is 3.86. The number of sulfonamides is 1. The Morgan fingerprint density at radius 2 is 2.25 bits per heavy atom. The van der Waals surface area contributed by atoms with E-state index in [9.17, 15) is 8.42 Å². The molecule has 0 amide bonds. The molecule has 0 spiro atoms. The van der Waals surface area contributed by atoms with Gasteiger partial charge in [0.15, 0.2) is 0 Å². The molecule has 1 fully saturated rings. The minimum Gasteiger partial charge on any atom is -0.324 e. The zero-order chi connectivity index (χ0) is 14.9. The maximum absolute atomic E-state index is 12.5. The first-order valence-corrected chi connectivity index (χ1v) is 8.57. The van der Waals surface area contributed by atoms with Gasteiger partial charge in [-0.2, -0.15) is 4.31 Å². The van der Waals surface area contributed by atoms with Gasteiger partial charge in [0.1, 0.15) is 5.15 Å². The second-order valence-electron chi connectivity index (χ2n) is 5.16. The smallest absolute Gasteiger partial charge is 0.263 e. The molecule has 0 saturated carbocycles. The topological polar surface area (TPSA) is 58.4 Å². The molecule has 2 heterocycles. The van der Waals surface area contributed by atoms with Crippen LogP contribution in [0.5, 0.6) is 0 Å². The Hall–Kier alpha value is -0.630. The Balaban J connectivity index is 2.15. The third-order valence-corrected chi connectivity index (χ3v) is 6.18. The monoisotopic (exact) mass is 320 g/mol. The predicted octanol–water partition coefficient (Wildman–Crippen LogP) is 1.18. The summed E-state index contributed by atoms with van der Waals surface area (Å²) in [6.07, 6.45) is 3.57. The lowest BCUT2D eigenvalue weighted by molar-refractivity contribution is 0.237. The Bertz CT molecular complexity index is 572. The third kappa shape index (κ3) is 2.86. The summed E-state index contributed by atoms with van der Waals surface area (Å²) in [5.74, 6) is 0. The number of rotatable bonds is 5. The van der Waals surface area contributed by atoms with Gasteiger partial charge >= 0.3 is 0 Å². The highest BCUT2D eigenvalue weighted by Crippen LogP contribution is 2.24. The van der Waals surface area contributed by atoms with E-state index in [2.05, 4.69) is 16.8 Å². The molecular formula is C12H21ClN4O2S. The van der Waals surface area contributed by atoms with E-state index in [1.807, 2.05) is 0 Å².